The Hall–Kier alpha value is -2.74. The number of halogens is 2. The van der Waals surface area contributed by atoms with E-state index in [2.05, 4.69) is 10.4 Å². The fraction of sp³-hybridized carbons (Fsp3) is 0.294. The van der Waals surface area contributed by atoms with Gasteiger partial charge in [-0.25, -0.2) is 19.2 Å². The number of primary amides is 1. The second-order valence-electron chi connectivity index (χ2n) is 6.17. The Morgan fingerprint density at radius 1 is 1.36 bits per heavy atom. The van der Waals surface area contributed by atoms with E-state index in [1.165, 1.54) is 6.07 Å². The Morgan fingerprint density at radius 3 is 3.00 bits per heavy atom. The maximum atomic E-state index is 14.2. The molecule has 4 rings (SSSR count). The summed E-state index contributed by atoms with van der Waals surface area (Å²) < 4.78 is 27.8. The molecule has 1 aromatic rings. The number of hydrogen-bond acceptors (Lipinski definition) is 5. The third-order valence-corrected chi connectivity index (χ3v) is 4.68. The molecule has 0 unspecified atom stereocenters. The minimum atomic E-state index is -0.530. The topological polar surface area (TPSA) is 74.0 Å². The zero-order valence-electron chi connectivity index (χ0n) is 13.4. The molecule has 3 heterocycles. The molecule has 3 aliphatic heterocycles. The number of amidine groups is 1. The van der Waals surface area contributed by atoms with Crippen molar-refractivity contribution in [3.05, 3.63) is 59.1 Å². The fourth-order valence-corrected chi connectivity index (χ4v) is 3.49. The zero-order chi connectivity index (χ0) is 17.6. The van der Waals surface area contributed by atoms with Gasteiger partial charge in [0.05, 0.1) is 11.6 Å². The van der Waals surface area contributed by atoms with E-state index in [1.807, 2.05) is 4.90 Å². The summed E-state index contributed by atoms with van der Waals surface area (Å²) in [5.41, 5.74) is 9.12. The quantitative estimate of drug-likeness (QED) is 0.853. The predicted octanol–water partition coefficient (Wildman–Crippen LogP) is 1.54. The van der Waals surface area contributed by atoms with Gasteiger partial charge in [0.15, 0.2) is 5.82 Å². The van der Waals surface area contributed by atoms with Gasteiger partial charge >= 0.3 is 0 Å². The van der Waals surface area contributed by atoms with Gasteiger partial charge in [-0.1, -0.05) is 0 Å². The molecule has 25 heavy (non-hydrogen) atoms. The Balaban J connectivity index is 1.70. The van der Waals surface area contributed by atoms with Crippen LogP contribution in [0.15, 0.2) is 46.9 Å². The third kappa shape index (κ3) is 2.68. The van der Waals surface area contributed by atoms with Crippen molar-refractivity contribution in [3.63, 3.8) is 0 Å². The number of aliphatic imine (C=N–C) groups is 1. The van der Waals surface area contributed by atoms with Crippen LogP contribution < -0.4 is 11.2 Å². The van der Waals surface area contributed by atoms with Crippen LogP contribution >= 0.6 is 0 Å². The highest BCUT2D eigenvalue weighted by atomic mass is 19.1. The Labute approximate surface area is 143 Å². The molecule has 0 aromatic heterocycles. The number of rotatable bonds is 2. The summed E-state index contributed by atoms with van der Waals surface area (Å²) in [6.07, 6.45) is 5.09. The van der Waals surface area contributed by atoms with Crippen LogP contribution in [0, 0.1) is 11.6 Å². The fourth-order valence-electron chi connectivity index (χ4n) is 3.49. The van der Waals surface area contributed by atoms with Crippen LogP contribution in [-0.2, 0) is 4.79 Å². The molecule has 0 bridgehead atoms. The molecule has 1 atom stereocenters. The summed E-state index contributed by atoms with van der Waals surface area (Å²) >= 11 is 0. The van der Waals surface area contributed by atoms with Gasteiger partial charge in [-0.3, -0.25) is 9.80 Å². The van der Waals surface area contributed by atoms with Gasteiger partial charge in [-0.05, 0) is 37.1 Å². The molecule has 130 valence electrons. The van der Waals surface area contributed by atoms with E-state index in [9.17, 15) is 13.6 Å². The maximum absolute atomic E-state index is 14.2. The van der Waals surface area contributed by atoms with E-state index in [-0.39, 0.29) is 6.04 Å². The summed E-state index contributed by atoms with van der Waals surface area (Å²) in [6.45, 7) is 0.990. The number of amides is 1. The largest absolute Gasteiger partial charge is 0.366 e. The lowest BCUT2D eigenvalue weighted by molar-refractivity contribution is -0.114. The van der Waals surface area contributed by atoms with Crippen molar-refractivity contribution in [2.24, 2.45) is 10.7 Å². The highest BCUT2D eigenvalue weighted by Gasteiger charge is 2.33. The molecule has 3 N–H and O–H groups in total. The second-order valence-corrected chi connectivity index (χ2v) is 6.17. The number of benzene rings is 1. The highest BCUT2D eigenvalue weighted by molar-refractivity contribution is 5.98. The number of likely N-dealkylation sites (tertiary alicyclic amines) is 1. The van der Waals surface area contributed by atoms with Gasteiger partial charge in [-0.15, -0.1) is 0 Å². The van der Waals surface area contributed by atoms with Crippen molar-refractivity contribution in [1.29, 1.82) is 0 Å². The van der Waals surface area contributed by atoms with Crippen LogP contribution in [0.1, 0.15) is 24.4 Å². The van der Waals surface area contributed by atoms with Crippen molar-refractivity contribution in [2.45, 2.75) is 18.9 Å². The van der Waals surface area contributed by atoms with Crippen LogP contribution in [-0.4, -0.2) is 34.7 Å². The summed E-state index contributed by atoms with van der Waals surface area (Å²) in [4.78, 5) is 18.0. The molecule has 6 nitrogen and oxygen atoms in total. The monoisotopic (exact) mass is 345 g/mol. The SMILES string of the molecule is NC(=O)C1=C2N=C(N3CCC[C@@H]3c3cc(F)ccc3F)C=CN2NC1. The van der Waals surface area contributed by atoms with E-state index in [0.29, 0.717) is 42.3 Å². The Morgan fingerprint density at radius 2 is 2.20 bits per heavy atom. The molecule has 0 aliphatic carbocycles. The normalized spacial score (nSPS) is 22.5. The Kier molecular flexibility index (Phi) is 3.76. The number of fused-ring (bicyclic) bond motifs is 1. The molecule has 1 saturated heterocycles. The summed E-state index contributed by atoms with van der Waals surface area (Å²) in [5, 5.41) is 1.64. The van der Waals surface area contributed by atoms with Gasteiger partial charge in [0, 0.05) is 24.9 Å². The first-order chi connectivity index (χ1) is 12.0. The second kappa shape index (κ2) is 5.96. The molecule has 1 aromatic carbocycles. The number of hydrogen-bond donors (Lipinski definition) is 2. The lowest BCUT2D eigenvalue weighted by Crippen LogP contribution is -2.35. The predicted molar refractivity (Wildman–Crippen MR) is 87.7 cm³/mol. The lowest BCUT2D eigenvalue weighted by Gasteiger charge is -2.30. The number of carbonyl (C=O) groups is 1. The lowest BCUT2D eigenvalue weighted by atomic mass is 10.0. The smallest absolute Gasteiger partial charge is 0.249 e. The number of hydrazine groups is 1. The van der Waals surface area contributed by atoms with E-state index < -0.39 is 17.5 Å². The van der Waals surface area contributed by atoms with E-state index >= 15 is 0 Å². The Bertz CT molecular complexity index is 832. The molecule has 0 radical (unpaired) electrons. The highest BCUT2D eigenvalue weighted by Crippen LogP contribution is 2.35. The van der Waals surface area contributed by atoms with Crippen LogP contribution in [0.3, 0.4) is 0 Å². The zero-order valence-corrected chi connectivity index (χ0v) is 13.4. The summed E-state index contributed by atoms with van der Waals surface area (Å²) in [5.74, 6) is -0.359. The van der Waals surface area contributed by atoms with Gasteiger partial charge < -0.3 is 10.6 Å². The number of nitrogens with one attached hydrogen (secondary N) is 1. The molecule has 1 amide bonds. The molecular weight excluding hydrogens is 328 g/mol. The first-order valence-corrected chi connectivity index (χ1v) is 8.09. The van der Waals surface area contributed by atoms with Crippen molar-refractivity contribution >= 4 is 11.7 Å². The summed E-state index contributed by atoms with van der Waals surface area (Å²) in [7, 11) is 0. The van der Waals surface area contributed by atoms with Gasteiger partial charge in [0.1, 0.15) is 17.5 Å². The van der Waals surface area contributed by atoms with Gasteiger partial charge in [0.25, 0.3) is 0 Å². The van der Waals surface area contributed by atoms with Crippen LogP contribution in [0.25, 0.3) is 0 Å². The van der Waals surface area contributed by atoms with Crippen molar-refractivity contribution in [1.82, 2.24) is 15.3 Å². The molecule has 1 fully saturated rings. The van der Waals surface area contributed by atoms with E-state index in [4.69, 9.17) is 5.73 Å². The van der Waals surface area contributed by atoms with E-state index in [1.54, 1.807) is 17.3 Å². The average molecular weight is 345 g/mol. The van der Waals surface area contributed by atoms with Crippen LogP contribution in [0.2, 0.25) is 0 Å². The molecule has 0 saturated carbocycles. The number of nitrogens with zero attached hydrogens (tertiary/aromatic N) is 3. The third-order valence-electron chi connectivity index (χ3n) is 4.68. The average Bonchev–Trinajstić information content (AvgIpc) is 3.22. The van der Waals surface area contributed by atoms with Crippen LogP contribution in [0.4, 0.5) is 8.78 Å². The number of nitrogens with two attached hydrogens (primary N) is 1. The first-order valence-electron chi connectivity index (χ1n) is 8.09. The summed E-state index contributed by atoms with van der Waals surface area (Å²) in [6, 6.07) is 3.21. The molecular formula is C17H17F2N5O. The van der Waals surface area contributed by atoms with Gasteiger partial charge in [-0.2, -0.15) is 0 Å². The van der Waals surface area contributed by atoms with E-state index in [0.717, 1.165) is 18.6 Å². The molecule has 0 spiro atoms. The van der Waals surface area contributed by atoms with Crippen molar-refractivity contribution < 1.29 is 13.6 Å². The molecule has 3 aliphatic rings. The van der Waals surface area contributed by atoms with Crippen molar-refractivity contribution in [2.75, 3.05) is 13.1 Å². The minimum Gasteiger partial charge on any atom is -0.366 e. The standard InChI is InChI=1S/C17H17F2N5O/c18-10-3-4-13(19)11(8-10)14-2-1-6-23(14)15-5-7-24-17(22-15)12(9-21-24)16(20)25/h3-5,7-8,14,21H,1-2,6,9H2,(H2,20,25)/t14-/m1/s1. The first kappa shape index (κ1) is 15.8. The van der Waals surface area contributed by atoms with Crippen molar-refractivity contribution in [3.8, 4) is 0 Å². The van der Waals surface area contributed by atoms with Crippen LogP contribution in [0.5, 0.6) is 0 Å². The van der Waals surface area contributed by atoms with Gasteiger partial charge in [0.2, 0.25) is 5.91 Å². The number of carbonyl (C=O) groups excluding carboxylic acids is 1. The maximum Gasteiger partial charge on any atom is 0.249 e. The minimum absolute atomic E-state index is 0.294. The molecule has 8 heteroatoms.